The Balaban J connectivity index is 0.00000210. The molecule has 0 amide bonds. The zero-order valence-corrected chi connectivity index (χ0v) is 20.4. The minimum atomic E-state index is -4.75. The summed E-state index contributed by atoms with van der Waals surface area (Å²) in [6, 6.07) is 11.1. The number of nitrogen functional groups attached to an aromatic ring is 1. The predicted molar refractivity (Wildman–Crippen MR) is 109 cm³/mol. The Labute approximate surface area is 210 Å². The van der Waals surface area contributed by atoms with Crippen molar-refractivity contribution >= 4 is 103 Å². The topological polar surface area (TPSA) is 163 Å². The van der Waals surface area contributed by atoms with Gasteiger partial charge in [0.2, 0.25) is 0 Å². The van der Waals surface area contributed by atoms with Crippen molar-refractivity contribution in [2.75, 3.05) is 5.73 Å². The maximum atomic E-state index is 11.7. The van der Waals surface area contributed by atoms with Crippen molar-refractivity contribution in [3.8, 4) is 5.75 Å². The summed E-state index contributed by atoms with van der Waals surface area (Å²) < 4.78 is 32.9. The number of carboxylic acids is 1. The van der Waals surface area contributed by atoms with Crippen molar-refractivity contribution in [3.63, 3.8) is 0 Å². The molecule has 3 aromatic rings. The van der Waals surface area contributed by atoms with Gasteiger partial charge < -0.3 is 15.9 Å². The summed E-state index contributed by atoms with van der Waals surface area (Å²) in [5, 5.41) is 27.6. The fraction of sp³-hybridized carbons (Fsp3) is 0. The Hall–Kier alpha value is -1.50. The first-order valence-corrected chi connectivity index (χ1v) is 8.89. The normalized spacial score (nSPS) is 11.1. The summed E-state index contributed by atoms with van der Waals surface area (Å²) in [7, 11) is -4.75. The molecule has 0 bridgehead atoms. The zero-order valence-electron chi connectivity index (χ0n) is 15.6. The first-order chi connectivity index (χ1) is 12.7. The number of phenols is 1. The molecule has 5 N–H and O–H groups in total. The second kappa shape index (κ2) is 10.0. The molecule has 29 heavy (non-hydrogen) atoms. The Morgan fingerprint density at radius 2 is 1.66 bits per heavy atom. The van der Waals surface area contributed by atoms with Crippen LogP contribution in [0.5, 0.6) is 5.75 Å². The van der Waals surface area contributed by atoms with Gasteiger partial charge in [0.25, 0.3) is 10.1 Å². The van der Waals surface area contributed by atoms with Gasteiger partial charge in [-0.2, -0.15) is 8.42 Å². The van der Waals surface area contributed by atoms with Gasteiger partial charge in [0.05, 0.1) is 5.56 Å². The van der Waals surface area contributed by atoms with Crippen molar-refractivity contribution < 1.29 is 28.0 Å². The molecule has 12 heteroatoms. The summed E-state index contributed by atoms with van der Waals surface area (Å²) in [5.74, 6) is -1.82. The van der Waals surface area contributed by atoms with Crippen molar-refractivity contribution in [2.45, 2.75) is 4.90 Å². The molecule has 0 saturated carbocycles. The van der Waals surface area contributed by atoms with Crippen LogP contribution in [0.2, 0.25) is 0 Å². The van der Waals surface area contributed by atoms with Crippen LogP contribution < -0.4 is 5.73 Å². The molecule has 0 heterocycles. The number of carboxylic acid groups (broad SMARTS) is 1. The van der Waals surface area contributed by atoms with Crippen LogP contribution in [-0.2, 0) is 10.1 Å². The van der Waals surface area contributed by atoms with Crippen LogP contribution in [-0.4, -0.2) is 88.3 Å². The molecule has 0 aliphatic heterocycles. The third-order valence-electron chi connectivity index (χ3n) is 3.75. The molecule has 0 spiro atoms. The Kier molecular flexibility index (Phi) is 8.81. The van der Waals surface area contributed by atoms with E-state index in [1.165, 1.54) is 42.5 Å². The maximum Gasteiger partial charge on any atom is 0.337 e. The van der Waals surface area contributed by atoms with E-state index in [1.807, 2.05) is 0 Å². The molecule has 3 rings (SSSR count). The molecule has 0 fully saturated rings. The molecule has 0 aliphatic rings. The number of nitrogens with two attached hydrogens (primary N) is 1. The van der Waals surface area contributed by atoms with E-state index in [9.17, 15) is 28.0 Å². The second-order valence-corrected chi connectivity index (χ2v) is 6.94. The summed E-state index contributed by atoms with van der Waals surface area (Å²) in [6.07, 6.45) is 0. The van der Waals surface area contributed by atoms with Gasteiger partial charge in [-0.3, -0.25) is 4.55 Å². The van der Waals surface area contributed by atoms with Gasteiger partial charge in [-0.25, -0.2) is 4.79 Å². The van der Waals surface area contributed by atoms with E-state index in [0.717, 1.165) is 6.07 Å². The average molecular weight is 433 g/mol. The predicted octanol–water partition coefficient (Wildman–Crippen LogP) is 2.73. The summed E-state index contributed by atoms with van der Waals surface area (Å²) in [5.41, 5.74) is 5.25. The summed E-state index contributed by atoms with van der Waals surface area (Å²) in [4.78, 5) is 10.6. The van der Waals surface area contributed by atoms with E-state index in [1.54, 1.807) is 0 Å². The molecule has 3 aromatic carbocycles. The van der Waals surface area contributed by atoms with Crippen LogP contribution in [0.1, 0.15) is 10.4 Å². The molecule has 2 radical (unpaired) electrons. The van der Waals surface area contributed by atoms with E-state index in [0.29, 0.717) is 11.1 Å². The van der Waals surface area contributed by atoms with E-state index in [-0.39, 0.29) is 75.8 Å². The molecular formula is C17H13N3Na2O6S. The number of phenolic OH excluding ortho intramolecular Hbond substituents is 1. The molecule has 0 unspecified atom stereocenters. The number of hydrogen-bond acceptors (Lipinski definition) is 7. The zero-order chi connectivity index (χ0) is 19.8. The summed E-state index contributed by atoms with van der Waals surface area (Å²) in [6.45, 7) is 0. The molecule has 0 aliphatic carbocycles. The van der Waals surface area contributed by atoms with E-state index >= 15 is 0 Å². The quantitative estimate of drug-likeness (QED) is 0.213. The molecule has 0 saturated heterocycles. The first kappa shape index (κ1) is 25.5. The van der Waals surface area contributed by atoms with Gasteiger partial charge in [0, 0.05) is 70.2 Å². The SMILES string of the molecule is Nc1ccc2cc(S(=O)(=O)O)c(N=Nc3ccccc3C(=O)O)c(O)c2c1.[Na].[Na]. The van der Waals surface area contributed by atoms with Crippen molar-refractivity contribution in [2.24, 2.45) is 10.2 Å². The van der Waals surface area contributed by atoms with Crippen molar-refractivity contribution in [1.29, 1.82) is 0 Å². The number of rotatable bonds is 4. The fourth-order valence-electron chi connectivity index (χ4n) is 2.50. The van der Waals surface area contributed by atoms with Crippen LogP contribution in [0.15, 0.2) is 63.7 Å². The molecule has 0 aromatic heterocycles. The number of fused-ring (bicyclic) bond motifs is 1. The number of azo groups is 1. The second-order valence-electron chi connectivity index (χ2n) is 5.55. The van der Waals surface area contributed by atoms with Crippen LogP contribution in [0.25, 0.3) is 10.8 Å². The number of nitrogens with zero attached hydrogens (tertiary/aromatic N) is 2. The molecule has 0 atom stereocenters. The average Bonchev–Trinajstić information content (AvgIpc) is 2.60. The first-order valence-electron chi connectivity index (χ1n) is 7.45. The van der Waals surface area contributed by atoms with E-state index in [2.05, 4.69) is 10.2 Å². The number of aromatic carboxylic acids is 1. The Morgan fingerprint density at radius 3 is 2.28 bits per heavy atom. The van der Waals surface area contributed by atoms with Gasteiger partial charge in [0.15, 0.2) is 5.75 Å². The van der Waals surface area contributed by atoms with Crippen LogP contribution in [0.3, 0.4) is 0 Å². The molecule has 9 nitrogen and oxygen atoms in total. The van der Waals surface area contributed by atoms with Gasteiger partial charge in [-0.05, 0) is 35.7 Å². The summed E-state index contributed by atoms with van der Waals surface area (Å²) >= 11 is 0. The van der Waals surface area contributed by atoms with Crippen molar-refractivity contribution in [1.82, 2.24) is 0 Å². The monoisotopic (exact) mass is 433 g/mol. The Bertz CT molecular complexity index is 1220. The number of carbonyl (C=O) groups is 1. The number of benzene rings is 3. The molecule has 140 valence electrons. The van der Waals surface area contributed by atoms with Crippen LogP contribution in [0.4, 0.5) is 17.1 Å². The Morgan fingerprint density at radius 1 is 1.00 bits per heavy atom. The smallest absolute Gasteiger partial charge is 0.337 e. The number of anilines is 1. The van der Waals surface area contributed by atoms with Crippen molar-refractivity contribution in [3.05, 3.63) is 54.1 Å². The van der Waals surface area contributed by atoms with Gasteiger partial charge >= 0.3 is 5.97 Å². The van der Waals surface area contributed by atoms with Gasteiger partial charge in [-0.15, -0.1) is 10.2 Å². The van der Waals surface area contributed by atoms with E-state index < -0.39 is 32.4 Å². The maximum absolute atomic E-state index is 11.7. The number of aromatic hydroxyl groups is 1. The third-order valence-corrected chi connectivity index (χ3v) is 4.61. The van der Waals surface area contributed by atoms with Crippen LogP contribution in [0, 0.1) is 0 Å². The fourth-order valence-corrected chi connectivity index (χ4v) is 3.16. The number of hydrogen-bond donors (Lipinski definition) is 4. The third kappa shape index (κ3) is 5.56. The minimum absolute atomic E-state index is 0. The minimum Gasteiger partial charge on any atom is -0.505 e. The molecular weight excluding hydrogens is 420 g/mol. The van der Waals surface area contributed by atoms with E-state index in [4.69, 9.17) is 5.73 Å². The van der Waals surface area contributed by atoms with Gasteiger partial charge in [-0.1, -0.05) is 18.2 Å². The van der Waals surface area contributed by atoms with Crippen LogP contribution >= 0.6 is 0 Å². The largest absolute Gasteiger partial charge is 0.505 e. The van der Waals surface area contributed by atoms with Gasteiger partial charge in [0.1, 0.15) is 16.3 Å². The standard InChI is InChI=1S/C17H13N3O6S.2Na/c18-10-6-5-9-7-14(27(24,25)26)15(16(21)12(9)8-10)20-19-13-4-2-1-3-11(13)17(22)23;;/h1-8,21H,18H2,(H,22,23)(H,24,25,26);;.